The van der Waals surface area contributed by atoms with Crippen molar-refractivity contribution in [3.05, 3.63) is 30.1 Å². The maximum absolute atomic E-state index is 12.3. The molecule has 0 spiro atoms. The highest BCUT2D eigenvalue weighted by Gasteiger charge is 2.31. The summed E-state index contributed by atoms with van der Waals surface area (Å²) in [5, 5.41) is 5.50. The van der Waals surface area contributed by atoms with Gasteiger partial charge in [-0.2, -0.15) is 0 Å². The predicted octanol–water partition coefficient (Wildman–Crippen LogP) is 2.20. The van der Waals surface area contributed by atoms with Gasteiger partial charge in [0, 0.05) is 5.75 Å². The third-order valence-electron chi connectivity index (χ3n) is 3.66. The van der Waals surface area contributed by atoms with E-state index >= 15 is 0 Å². The molecule has 2 amide bonds. The van der Waals surface area contributed by atoms with Crippen molar-refractivity contribution in [3.8, 4) is 0 Å². The summed E-state index contributed by atoms with van der Waals surface area (Å²) in [4.78, 5) is 31.4. The van der Waals surface area contributed by atoms with Crippen LogP contribution in [0.25, 0.3) is 11.0 Å². The monoisotopic (exact) mass is 318 g/mol. The number of rotatable bonds is 4. The molecule has 22 heavy (non-hydrogen) atoms. The van der Waals surface area contributed by atoms with Crippen molar-refractivity contribution in [3.63, 3.8) is 0 Å². The Morgan fingerprint density at radius 3 is 2.82 bits per heavy atom. The SMILES string of the molecule is CC(C)[C@@H](NC(=O)[C@H]1CSC(=O)N1)c1nc2ccccc2[nH]1. The van der Waals surface area contributed by atoms with Crippen LogP contribution in [0.15, 0.2) is 24.3 Å². The number of aromatic amines is 1. The van der Waals surface area contributed by atoms with E-state index in [9.17, 15) is 9.59 Å². The number of imidazole rings is 1. The number of amides is 2. The molecule has 1 aromatic carbocycles. The van der Waals surface area contributed by atoms with Gasteiger partial charge in [-0.25, -0.2) is 4.98 Å². The van der Waals surface area contributed by atoms with Gasteiger partial charge in [0.1, 0.15) is 11.9 Å². The molecular weight excluding hydrogens is 300 g/mol. The summed E-state index contributed by atoms with van der Waals surface area (Å²) in [6, 6.07) is 7.08. The van der Waals surface area contributed by atoms with Crippen molar-refractivity contribution in [1.29, 1.82) is 0 Å². The summed E-state index contributed by atoms with van der Waals surface area (Å²) in [5.41, 5.74) is 1.82. The Labute approximate surface area is 132 Å². The number of H-pyrrole nitrogens is 1. The second-order valence-corrected chi connectivity index (χ2v) is 6.66. The van der Waals surface area contributed by atoms with E-state index in [0.29, 0.717) is 5.75 Å². The quantitative estimate of drug-likeness (QED) is 0.806. The number of aromatic nitrogens is 2. The lowest BCUT2D eigenvalue weighted by Crippen LogP contribution is -2.45. The van der Waals surface area contributed by atoms with Crippen LogP contribution in [0.3, 0.4) is 0 Å². The minimum Gasteiger partial charge on any atom is -0.344 e. The van der Waals surface area contributed by atoms with Gasteiger partial charge in [-0.1, -0.05) is 37.7 Å². The van der Waals surface area contributed by atoms with E-state index in [1.807, 2.05) is 38.1 Å². The average Bonchev–Trinajstić information content (AvgIpc) is 3.09. The summed E-state index contributed by atoms with van der Waals surface area (Å²) in [6.45, 7) is 4.06. The van der Waals surface area contributed by atoms with Gasteiger partial charge in [-0.3, -0.25) is 9.59 Å². The van der Waals surface area contributed by atoms with Crippen LogP contribution in [0, 0.1) is 5.92 Å². The zero-order valence-corrected chi connectivity index (χ0v) is 13.2. The second kappa shape index (κ2) is 6.00. The van der Waals surface area contributed by atoms with Crippen molar-refractivity contribution in [2.45, 2.75) is 25.9 Å². The van der Waals surface area contributed by atoms with E-state index in [1.54, 1.807) is 0 Å². The fraction of sp³-hybridized carbons (Fsp3) is 0.400. The molecule has 1 aliphatic rings. The summed E-state index contributed by atoms with van der Waals surface area (Å²) < 4.78 is 0. The van der Waals surface area contributed by atoms with Crippen molar-refractivity contribution < 1.29 is 9.59 Å². The Bertz CT molecular complexity index is 679. The van der Waals surface area contributed by atoms with E-state index in [2.05, 4.69) is 20.6 Å². The zero-order valence-electron chi connectivity index (χ0n) is 12.4. The molecule has 2 atom stereocenters. The first-order chi connectivity index (χ1) is 10.5. The van der Waals surface area contributed by atoms with Crippen LogP contribution in [0.1, 0.15) is 25.7 Å². The molecule has 1 aliphatic heterocycles. The average molecular weight is 318 g/mol. The normalized spacial score (nSPS) is 19.4. The minimum atomic E-state index is -0.469. The minimum absolute atomic E-state index is 0.148. The number of para-hydroxylation sites is 2. The molecule has 2 heterocycles. The highest BCUT2D eigenvalue weighted by atomic mass is 32.2. The Morgan fingerprint density at radius 1 is 1.41 bits per heavy atom. The number of benzene rings is 1. The topological polar surface area (TPSA) is 86.9 Å². The van der Waals surface area contributed by atoms with Crippen molar-refractivity contribution in [2.24, 2.45) is 5.92 Å². The number of nitrogens with one attached hydrogen (secondary N) is 3. The summed E-state index contributed by atoms with van der Waals surface area (Å²) in [7, 11) is 0. The molecule has 2 aromatic rings. The Hall–Kier alpha value is -2.02. The van der Waals surface area contributed by atoms with Crippen LogP contribution in [0.4, 0.5) is 4.79 Å². The number of nitrogens with zero attached hydrogens (tertiary/aromatic N) is 1. The standard InChI is InChI=1S/C15H18N4O2S/c1-8(2)12(19-14(20)11-7-22-15(21)18-11)13-16-9-5-3-4-6-10(9)17-13/h3-6,8,11-12H,7H2,1-2H3,(H,16,17)(H,18,21)(H,19,20)/t11-,12-/m1/s1. The number of carbonyl (C=O) groups is 2. The first-order valence-corrected chi connectivity index (χ1v) is 8.21. The molecule has 0 unspecified atom stereocenters. The van der Waals surface area contributed by atoms with Crippen LogP contribution in [0.5, 0.6) is 0 Å². The lowest BCUT2D eigenvalue weighted by molar-refractivity contribution is -0.123. The van der Waals surface area contributed by atoms with Gasteiger partial charge >= 0.3 is 0 Å². The molecule has 0 aliphatic carbocycles. The number of carbonyl (C=O) groups excluding carboxylic acids is 2. The number of fused-ring (bicyclic) bond motifs is 1. The fourth-order valence-electron chi connectivity index (χ4n) is 2.45. The third kappa shape index (κ3) is 2.94. The Morgan fingerprint density at radius 2 is 2.18 bits per heavy atom. The number of hydrogen-bond donors (Lipinski definition) is 3. The smallest absolute Gasteiger partial charge is 0.279 e. The van der Waals surface area contributed by atoms with Gasteiger partial charge in [0.15, 0.2) is 0 Å². The van der Waals surface area contributed by atoms with Gasteiger partial charge in [0.05, 0.1) is 17.1 Å². The first kappa shape index (κ1) is 14.9. The number of thioether (sulfide) groups is 1. The molecule has 6 nitrogen and oxygen atoms in total. The summed E-state index contributed by atoms with van der Waals surface area (Å²) in [5.74, 6) is 1.21. The molecule has 3 rings (SSSR count). The second-order valence-electron chi connectivity index (χ2n) is 5.66. The van der Waals surface area contributed by atoms with Crippen LogP contribution < -0.4 is 10.6 Å². The third-order valence-corrected chi connectivity index (χ3v) is 4.54. The summed E-state index contributed by atoms with van der Waals surface area (Å²) >= 11 is 1.13. The van der Waals surface area contributed by atoms with Gasteiger partial charge < -0.3 is 15.6 Å². The predicted molar refractivity (Wildman–Crippen MR) is 86.6 cm³/mol. The van der Waals surface area contributed by atoms with Gasteiger partial charge in [-0.15, -0.1) is 0 Å². The molecule has 3 N–H and O–H groups in total. The molecule has 1 aromatic heterocycles. The molecule has 0 bridgehead atoms. The van der Waals surface area contributed by atoms with Crippen molar-refractivity contribution in [1.82, 2.24) is 20.6 Å². The highest BCUT2D eigenvalue weighted by molar-refractivity contribution is 8.14. The zero-order chi connectivity index (χ0) is 15.7. The van der Waals surface area contributed by atoms with Gasteiger partial charge in [-0.05, 0) is 18.1 Å². The van der Waals surface area contributed by atoms with Crippen molar-refractivity contribution >= 4 is 33.9 Å². The van der Waals surface area contributed by atoms with Crippen LogP contribution >= 0.6 is 11.8 Å². The van der Waals surface area contributed by atoms with E-state index in [0.717, 1.165) is 28.6 Å². The maximum Gasteiger partial charge on any atom is 0.279 e. The fourth-order valence-corrected chi connectivity index (χ4v) is 3.23. The largest absolute Gasteiger partial charge is 0.344 e. The molecule has 7 heteroatoms. The molecule has 0 saturated carbocycles. The van der Waals surface area contributed by atoms with E-state index in [4.69, 9.17) is 0 Å². The van der Waals surface area contributed by atoms with E-state index < -0.39 is 6.04 Å². The molecule has 1 fully saturated rings. The van der Waals surface area contributed by atoms with E-state index in [-0.39, 0.29) is 23.1 Å². The van der Waals surface area contributed by atoms with Gasteiger partial charge in [0.2, 0.25) is 5.91 Å². The van der Waals surface area contributed by atoms with Crippen molar-refractivity contribution in [2.75, 3.05) is 5.75 Å². The molecular formula is C15H18N4O2S. The first-order valence-electron chi connectivity index (χ1n) is 7.23. The van der Waals surface area contributed by atoms with Crippen LogP contribution in [0.2, 0.25) is 0 Å². The molecule has 0 radical (unpaired) electrons. The van der Waals surface area contributed by atoms with E-state index in [1.165, 1.54) is 0 Å². The van der Waals surface area contributed by atoms with Crippen LogP contribution in [-0.2, 0) is 4.79 Å². The lowest BCUT2D eigenvalue weighted by atomic mass is 10.0. The Balaban J connectivity index is 1.80. The maximum atomic E-state index is 12.3. The highest BCUT2D eigenvalue weighted by Crippen LogP contribution is 2.23. The molecule has 116 valence electrons. The Kier molecular flexibility index (Phi) is 4.06. The number of hydrogen-bond acceptors (Lipinski definition) is 4. The van der Waals surface area contributed by atoms with Gasteiger partial charge in [0.25, 0.3) is 5.24 Å². The lowest BCUT2D eigenvalue weighted by Gasteiger charge is -2.22. The molecule has 1 saturated heterocycles. The summed E-state index contributed by atoms with van der Waals surface area (Å²) in [6.07, 6.45) is 0. The van der Waals surface area contributed by atoms with Crippen LogP contribution in [-0.4, -0.2) is 32.9 Å².